The smallest absolute Gasteiger partial charge is 0.259 e. The molecule has 150 valence electrons. The molecular weight excluding hydrogens is 390 g/mol. The quantitative estimate of drug-likeness (QED) is 0.513. The summed E-state index contributed by atoms with van der Waals surface area (Å²) in [6.45, 7) is 4.70. The van der Waals surface area contributed by atoms with Gasteiger partial charge < -0.3 is 20.7 Å². The Labute approximate surface area is 174 Å². The molecule has 0 bridgehead atoms. The fourth-order valence-electron chi connectivity index (χ4n) is 2.72. The van der Waals surface area contributed by atoms with E-state index >= 15 is 0 Å². The van der Waals surface area contributed by atoms with E-state index in [-0.39, 0.29) is 5.91 Å². The number of halogens is 1. The summed E-state index contributed by atoms with van der Waals surface area (Å²) in [4.78, 5) is 21.4. The van der Waals surface area contributed by atoms with Gasteiger partial charge in [0.1, 0.15) is 11.6 Å². The maximum Gasteiger partial charge on any atom is 0.259 e. The van der Waals surface area contributed by atoms with Crippen LogP contribution in [-0.2, 0) is 0 Å². The van der Waals surface area contributed by atoms with Crippen LogP contribution in [0, 0.1) is 6.92 Å². The van der Waals surface area contributed by atoms with E-state index in [1.54, 1.807) is 30.3 Å². The first kappa shape index (κ1) is 20.4. The SMILES string of the molecule is CCNc1cc(C)nc(Nc2ccc(NC(=O)c3cc(Cl)ccc3OC)cc2)n1. The molecule has 2 aromatic carbocycles. The molecule has 7 nitrogen and oxygen atoms in total. The Bertz CT molecular complexity index is 1010. The molecular formula is C21H22ClN5O2. The van der Waals surface area contributed by atoms with Gasteiger partial charge in [0.05, 0.1) is 12.7 Å². The van der Waals surface area contributed by atoms with Crippen molar-refractivity contribution in [2.24, 2.45) is 0 Å². The molecule has 0 spiro atoms. The predicted molar refractivity (Wildman–Crippen MR) is 117 cm³/mol. The van der Waals surface area contributed by atoms with E-state index < -0.39 is 0 Å². The highest BCUT2D eigenvalue weighted by atomic mass is 35.5. The standard InChI is InChI=1S/C21H22ClN5O2/c1-4-23-19-11-13(2)24-21(27-19)26-16-8-6-15(7-9-16)25-20(28)17-12-14(22)5-10-18(17)29-3/h5-12H,4H2,1-3H3,(H,25,28)(H2,23,24,26,27). The lowest BCUT2D eigenvalue weighted by Crippen LogP contribution is -2.13. The fraction of sp³-hybridized carbons (Fsp3) is 0.190. The number of methoxy groups -OCH3 is 1. The second-order valence-corrected chi connectivity index (χ2v) is 6.69. The van der Waals surface area contributed by atoms with E-state index in [1.807, 2.05) is 32.0 Å². The molecule has 0 aliphatic rings. The van der Waals surface area contributed by atoms with Crippen molar-refractivity contribution in [1.82, 2.24) is 9.97 Å². The number of anilines is 4. The van der Waals surface area contributed by atoms with Crippen LogP contribution in [0.3, 0.4) is 0 Å². The summed E-state index contributed by atoms with van der Waals surface area (Å²) >= 11 is 6.00. The lowest BCUT2D eigenvalue weighted by atomic mass is 10.1. The minimum atomic E-state index is -0.303. The minimum Gasteiger partial charge on any atom is -0.496 e. The van der Waals surface area contributed by atoms with Gasteiger partial charge in [-0.15, -0.1) is 0 Å². The van der Waals surface area contributed by atoms with E-state index in [9.17, 15) is 4.79 Å². The molecule has 0 aliphatic carbocycles. The molecule has 0 aliphatic heterocycles. The zero-order valence-corrected chi connectivity index (χ0v) is 17.2. The summed E-state index contributed by atoms with van der Waals surface area (Å²) in [6.07, 6.45) is 0. The second kappa shape index (κ2) is 9.25. The maximum absolute atomic E-state index is 12.6. The largest absolute Gasteiger partial charge is 0.496 e. The van der Waals surface area contributed by atoms with Crippen molar-refractivity contribution in [3.05, 3.63) is 64.8 Å². The lowest BCUT2D eigenvalue weighted by molar-refractivity contribution is 0.102. The molecule has 29 heavy (non-hydrogen) atoms. The Morgan fingerprint density at radius 2 is 1.79 bits per heavy atom. The van der Waals surface area contributed by atoms with Gasteiger partial charge in [0.2, 0.25) is 5.95 Å². The molecule has 3 rings (SSSR count). The van der Waals surface area contributed by atoms with Crippen LogP contribution in [-0.4, -0.2) is 29.5 Å². The van der Waals surface area contributed by atoms with E-state index in [0.29, 0.717) is 28.0 Å². The third-order valence-corrected chi connectivity index (χ3v) is 4.25. The van der Waals surface area contributed by atoms with Gasteiger partial charge in [0.25, 0.3) is 5.91 Å². The van der Waals surface area contributed by atoms with E-state index in [2.05, 4.69) is 25.9 Å². The Hall–Kier alpha value is -3.32. The Balaban J connectivity index is 1.71. The van der Waals surface area contributed by atoms with Crippen molar-refractivity contribution in [1.29, 1.82) is 0 Å². The topological polar surface area (TPSA) is 88.2 Å². The van der Waals surface area contributed by atoms with Crippen molar-refractivity contribution in [2.75, 3.05) is 29.6 Å². The van der Waals surface area contributed by atoms with Crippen LogP contribution in [0.2, 0.25) is 5.02 Å². The van der Waals surface area contributed by atoms with Crippen molar-refractivity contribution < 1.29 is 9.53 Å². The third-order valence-electron chi connectivity index (χ3n) is 4.02. The number of rotatable bonds is 7. The zero-order chi connectivity index (χ0) is 20.8. The highest BCUT2D eigenvalue weighted by Crippen LogP contribution is 2.24. The average Bonchev–Trinajstić information content (AvgIpc) is 2.69. The first-order chi connectivity index (χ1) is 14.0. The van der Waals surface area contributed by atoms with Gasteiger partial charge in [-0.2, -0.15) is 4.98 Å². The molecule has 1 amide bonds. The predicted octanol–water partition coefficient (Wildman–Crippen LogP) is 4.87. The number of benzene rings is 2. The first-order valence-corrected chi connectivity index (χ1v) is 9.48. The van der Waals surface area contributed by atoms with Gasteiger partial charge in [-0.05, 0) is 56.3 Å². The van der Waals surface area contributed by atoms with Crippen LogP contribution in [0.5, 0.6) is 5.75 Å². The van der Waals surface area contributed by atoms with Gasteiger partial charge in [0.15, 0.2) is 0 Å². The van der Waals surface area contributed by atoms with Gasteiger partial charge in [0, 0.05) is 34.7 Å². The maximum atomic E-state index is 12.6. The molecule has 0 saturated carbocycles. The van der Waals surface area contributed by atoms with Crippen LogP contribution in [0.1, 0.15) is 23.0 Å². The van der Waals surface area contributed by atoms with Crippen LogP contribution < -0.4 is 20.7 Å². The second-order valence-electron chi connectivity index (χ2n) is 6.25. The number of carbonyl (C=O) groups is 1. The summed E-state index contributed by atoms with van der Waals surface area (Å²) in [7, 11) is 1.51. The van der Waals surface area contributed by atoms with Crippen molar-refractivity contribution in [3.63, 3.8) is 0 Å². The van der Waals surface area contributed by atoms with Crippen LogP contribution in [0.15, 0.2) is 48.5 Å². The van der Waals surface area contributed by atoms with Gasteiger partial charge in [-0.3, -0.25) is 4.79 Å². The molecule has 0 unspecified atom stereocenters. The van der Waals surface area contributed by atoms with Crippen molar-refractivity contribution >= 4 is 40.6 Å². The summed E-state index contributed by atoms with van der Waals surface area (Å²) < 4.78 is 5.23. The van der Waals surface area contributed by atoms with Crippen LogP contribution >= 0.6 is 11.6 Å². The summed E-state index contributed by atoms with van der Waals surface area (Å²) in [5.74, 6) is 1.42. The monoisotopic (exact) mass is 411 g/mol. The molecule has 1 aromatic heterocycles. The van der Waals surface area contributed by atoms with Gasteiger partial charge >= 0.3 is 0 Å². The highest BCUT2D eigenvalue weighted by Gasteiger charge is 2.13. The number of hydrogen-bond acceptors (Lipinski definition) is 6. The molecule has 8 heteroatoms. The fourth-order valence-corrected chi connectivity index (χ4v) is 2.89. The highest BCUT2D eigenvalue weighted by molar-refractivity contribution is 6.31. The molecule has 0 fully saturated rings. The first-order valence-electron chi connectivity index (χ1n) is 9.10. The van der Waals surface area contributed by atoms with Gasteiger partial charge in [-0.25, -0.2) is 4.98 Å². The number of nitrogens with zero attached hydrogens (tertiary/aromatic N) is 2. The summed E-state index contributed by atoms with van der Waals surface area (Å²) in [5.41, 5.74) is 2.67. The lowest BCUT2D eigenvalue weighted by Gasteiger charge is -2.11. The van der Waals surface area contributed by atoms with E-state index in [0.717, 1.165) is 23.7 Å². The van der Waals surface area contributed by atoms with E-state index in [4.69, 9.17) is 16.3 Å². The van der Waals surface area contributed by atoms with E-state index in [1.165, 1.54) is 7.11 Å². The number of amides is 1. The van der Waals surface area contributed by atoms with Crippen LogP contribution in [0.25, 0.3) is 0 Å². The Morgan fingerprint density at radius 1 is 1.07 bits per heavy atom. The molecule has 1 heterocycles. The Kier molecular flexibility index (Phi) is 6.51. The normalized spacial score (nSPS) is 10.3. The molecule has 0 atom stereocenters. The number of ether oxygens (including phenoxy) is 1. The summed E-state index contributed by atoms with van der Waals surface area (Å²) in [5, 5.41) is 9.65. The third kappa shape index (κ3) is 5.36. The number of nitrogens with one attached hydrogen (secondary N) is 3. The average molecular weight is 412 g/mol. The molecule has 0 saturated heterocycles. The van der Waals surface area contributed by atoms with Crippen LogP contribution in [0.4, 0.5) is 23.1 Å². The van der Waals surface area contributed by atoms with Gasteiger partial charge in [-0.1, -0.05) is 11.6 Å². The summed E-state index contributed by atoms with van der Waals surface area (Å²) in [6, 6.07) is 14.0. The van der Waals surface area contributed by atoms with Crippen molar-refractivity contribution in [3.8, 4) is 5.75 Å². The molecule has 3 aromatic rings. The van der Waals surface area contributed by atoms with Crippen molar-refractivity contribution in [2.45, 2.75) is 13.8 Å². The Morgan fingerprint density at radius 3 is 2.48 bits per heavy atom. The number of aryl methyl sites for hydroxylation is 1. The number of carbonyl (C=O) groups excluding carboxylic acids is 1. The number of hydrogen-bond donors (Lipinski definition) is 3. The molecule has 3 N–H and O–H groups in total. The zero-order valence-electron chi connectivity index (χ0n) is 16.4. The molecule has 0 radical (unpaired) electrons. The number of aromatic nitrogens is 2. The minimum absolute atomic E-state index is 0.303.